The normalized spacial score (nSPS) is 27.6. The fourth-order valence-corrected chi connectivity index (χ4v) is 2.82. The second kappa shape index (κ2) is 6.36. The molecule has 4 heteroatoms. The number of hydrogen-bond donors (Lipinski definition) is 2. The lowest BCUT2D eigenvalue weighted by Gasteiger charge is -2.46. The summed E-state index contributed by atoms with van der Waals surface area (Å²) in [6.07, 6.45) is 3.84. The van der Waals surface area contributed by atoms with Crippen LogP contribution in [-0.4, -0.2) is 42.2 Å². The highest BCUT2D eigenvalue weighted by atomic mass is 16.3. The van der Waals surface area contributed by atoms with Crippen LogP contribution < -0.4 is 5.73 Å². The standard InChI is InChI=1S/C13H26N2O2/c1-3-4-5-15(6-7-16)12(17)13(10-14)8-11(2)9-13/h11,16H,3-10,14H2,1-2H3. The van der Waals surface area contributed by atoms with Gasteiger partial charge in [-0.2, -0.15) is 0 Å². The van der Waals surface area contributed by atoms with Gasteiger partial charge in [0.05, 0.1) is 12.0 Å². The molecule has 1 rings (SSSR count). The van der Waals surface area contributed by atoms with Gasteiger partial charge in [0, 0.05) is 19.6 Å². The van der Waals surface area contributed by atoms with Gasteiger partial charge in [0.2, 0.25) is 5.91 Å². The molecule has 0 radical (unpaired) electrons. The van der Waals surface area contributed by atoms with Crippen molar-refractivity contribution in [3.05, 3.63) is 0 Å². The zero-order valence-corrected chi connectivity index (χ0v) is 11.1. The average Bonchev–Trinajstić information content (AvgIpc) is 2.29. The number of amides is 1. The zero-order chi connectivity index (χ0) is 12.9. The summed E-state index contributed by atoms with van der Waals surface area (Å²) >= 11 is 0. The number of nitrogens with two attached hydrogens (primary N) is 1. The van der Waals surface area contributed by atoms with Crippen molar-refractivity contribution in [1.29, 1.82) is 0 Å². The highest BCUT2D eigenvalue weighted by molar-refractivity contribution is 5.84. The molecule has 0 atom stereocenters. The zero-order valence-electron chi connectivity index (χ0n) is 11.1. The van der Waals surface area contributed by atoms with Crippen molar-refractivity contribution in [2.24, 2.45) is 17.1 Å². The van der Waals surface area contributed by atoms with Crippen molar-refractivity contribution in [3.8, 4) is 0 Å². The van der Waals surface area contributed by atoms with Crippen LogP contribution in [-0.2, 0) is 4.79 Å². The fourth-order valence-electron chi connectivity index (χ4n) is 2.82. The third-order valence-electron chi connectivity index (χ3n) is 3.76. The summed E-state index contributed by atoms with van der Waals surface area (Å²) in [7, 11) is 0. The van der Waals surface area contributed by atoms with Gasteiger partial charge in [-0.05, 0) is 25.2 Å². The Hall–Kier alpha value is -0.610. The smallest absolute Gasteiger partial charge is 0.230 e. The van der Waals surface area contributed by atoms with E-state index in [1.54, 1.807) is 4.90 Å². The van der Waals surface area contributed by atoms with Gasteiger partial charge < -0.3 is 15.7 Å². The third-order valence-corrected chi connectivity index (χ3v) is 3.76. The summed E-state index contributed by atoms with van der Waals surface area (Å²) in [5, 5.41) is 9.04. The van der Waals surface area contributed by atoms with Crippen LogP contribution in [0.25, 0.3) is 0 Å². The highest BCUT2D eigenvalue weighted by Gasteiger charge is 2.48. The molecule has 17 heavy (non-hydrogen) atoms. The molecule has 4 nitrogen and oxygen atoms in total. The second-order valence-corrected chi connectivity index (χ2v) is 5.37. The van der Waals surface area contributed by atoms with E-state index in [4.69, 9.17) is 10.8 Å². The maximum absolute atomic E-state index is 12.5. The number of carbonyl (C=O) groups excluding carboxylic acids is 1. The Labute approximate surface area is 104 Å². The quantitative estimate of drug-likeness (QED) is 0.699. The number of aliphatic hydroxyl groups is 1. The first-order valence-corrected chi connectivity index (χ1v) is 6.70. The predicted octanol–water partition coefficient (Wildman–Crippen LogP) is 0.982. The van der Waals surface area contributed by atoms with E-state index < -0.39 is 0 Å². The molecule has 1 aliphatic carbocycles. The van der Waals surface area contributed by atoms with Crippen LogP contribution in [0.1, 0.15) is 39.5 Å². The van der Waals surface area contributed by atoms with Gasteiger partial charge in [-0.3, -0.25) is 4.79 Å². The molecule has 1 saturated carbocycles. The van der Waals surface area contributed by atoms with E-state index in [9.17, 15) is 4.79 Å². The van der Waals surface area contributed by atoms with Gasteiger partial charge in [-0.1, -0.05) is 20.3 Å². The molecule has 3 N–H and O–H groups in total. The van der Waals surface area contributed by atoms with Gasteiger partial charge in [0.1, 0.15) is 0 Å². The molecule has 100 valence electrons. The Morgan fingerprint density at radius 2 is 2.12 bits per heavy atom. The monoisotopic (exact) mass is 242 g/mol. The first-order chi connectivity index (χ1) is 8.09. The lowest BCUT2D eigenvalue weighted by atomic mass is 9.62. The van der Waals surface area contributed by atoms with Crippen LogP contribution in [0.5, 0.6) is 0 Å². The number of unbranched alkanes of at least 4 members (excludes halogenated alkanes) is 1. The SMILES string of the molecule is CCCCN(CCO)C(=O)C1(CN)CC(C)C1. The van der Waals surface area contributed by atoms with Crippen LogP contribution in [0, 0.1) is 11.3 Å². The lowest BCUT2D eigenvalue weighted by Crippen LogP contribution is -2.55. The number of rotatable bonds is 7. The Balaban J connectivity index is 2.62. The van der Waals surface area contributed by atoms with E-state index in [0.717, 1.165) is 32.2 Å². The van der Waals surface area contributed by atoms with Gasteiger partial charge in [-0.15, -0.1) is 0 Å². The maximum Gasteiger partial charge on any atom is 0.230 e. The first kappa shape index (κ1) is 14.5. The molecule has 0 aliphatic heterocycles. The van der Waals surface area contributed by atoms with Gasteiger partial charge >= 0.3 is 0 Å². The number of nitrogens with zero attached hydrogens (tertiary/aromatic N) is 1. The Kier molecular flexibility index (Phi) is 5.40. The highest BCUT2D eigenvalue weighted by Crippen LogP contribution is 2.45. The van der Waals surface area contributed by atoms with Crippen molar-refractivity contribution in [3.63, 3.8) is 0 Å². The van der Waals surface area contributed by atoms with E-state index in [1.165, 1.54) is 0 Å². The van der Waals surface area contributed by atoms with E-state index in [2.05, 4.69) is 13.8 Å². The Bertz CT molecular complexity index is 250. The van der Waals surface area contributed by atoms with Crippen LogP contribution in [0.15, 0.2) is 0 Å². The second-order valence-electron chi connectivity index (χ2n) is 5.37. The predicted molar refractivity (Wildman–Crippen MR) is 68.5 cm³/mol. The lowest BCUT2D eigenvalue weighted by molar-refractivity contribution is -0.150. The van der Waals surface area contributed by atoms with Gasteiger partial charge in [0.15, 0.2) is 0 Å². The van der Waals surface area contributed by atoms with E-state index in [0.29, 0.717) is 19.0 Å². The Morgan fingerprint density at radius 1 is 1.47 bits per heavy atom. The molecule has 0 bridgehead atoms. The van der Waals surface area contributed by atoms with Crippen molar-refractivity contribution in [1.82, 2.24) is 4.90 Å². The van der Waals surface area contributed by atoms with E-state index in [-0.39, 0.29) is 17.9 Å². The Morgan fingerprint density at radius 3 is 2.53 bits per heavy atom. The third kappa shape index (κ3) is 3.19. The van der Waals surface area contributed by atoms with E-state index >= 15 is 0 Å². The minimum atomic E-state index is -0.331. The molecule has 1 amide bonds. The molecule has 0 aromatic carbocycles. The summed E-state index contributed by atoms with van der Waals surface area (Å²) in [5.74, 6) is 0.755. The van der Waals surface area contributed by atoms with Gasteiger partial charge in [0.25, 0.3) is 0 Å². The topological polar surface area (TPSA) is 66.6 Å². The molecular formula is C13H26N2O2. The molecule has 0 heterocycles. The van der Waals surface area contributed by atoms with E-state index in [1.807, 2.05) is 0 Å². The largest absolute Gasteiger partial charge is 0.395 e. The minimum Gasteiger partial charge on any atom is -0.395 e. The van der Waals surface area contributed by atoms with Crippen LogP contribution in [0.4, 0.5) is 0 Å². The molecule has 0 spiro atoms. The number of aliphatic hydroxyl groups excluding tert-OH is 1. The van der Waals surface area contributed by atoms with Crippen molar-refractivity contribution < 1.29 is 9.90 Å². The van der Waals surface area contributed by atoms with Crippen molar-refractivity contribution in [2.75, 3.05) is 26.2 Å². The minimum absolute atomic E-state index is 0.0334. The summed E-state index contributed by atoms with van der Waals surface area (Å²) < 4.78 is 0. The van der Waals surface area contributed by atoms with Crippen molar-refractivity contribution in [2.45, 2.75) is 39.5 Å². The number of carbonyl (C=O) groups is 1. The summed E-state index contributed by atoms with van der Waals surface area (Å²) in [6.45, 7) is 5.91. The fraction of sp³-hybridized carbons (Fsp3) is 0.923. The van der Waals surface area contributed by atoms with Gasteiger partial charge in [-0.25, -0.2) is 0 Å². The number of hydrogen-bond acceptors (Lipinski definition) is 3. The average molecular weight is 242 g/mol. The molecule has 0 aromatic heterocycles. The molecule has 0 aromatic rings. The first-order valence-electron chi connectivity index (χ1n) is 6.70. The molecule has 1 fully saturated rings. The van der Waals surface area contributed by atoms with Crippen LogP contribution in [0.3, 0.4) is 0 Å². The molecule has 0 saturated heterocycles. The molecular weight excluding hydrogens is 216 g/mol. The molecule has 0 unspecified atom stereocenters. The van der Waals surface area contributed by atoms with Crippen LogP contribution in [0.2, 0.25) is 0 Å². The van der Waals surface area contributed by atoms with Crippen molar-refractivity contribution >= 4 is 5.91 Å². The summed E-state index contributed by atoms with van der Waals surface area (Å²) in [6, 6.07) is 0. The maximum atomic E-state index is 12.5. The molecule has 1 aliphatic rings. The summed E-state index contributed by atoms with van der Waals surface area (Å²) in [4.78, 5) is 14.2. The summed E-state index contributed by atoms with van der Waals surface area (Å²) in [5.41, 5.74) is 5.45. The van der Waals surface area contributed by atoms with Crippen LogP contribution >= 0.6 is 0 Å².